The van der Waals surface area contributed by atoms with Gasteiger partial charge in [-0.2, -0.15) is 0 Å². The molecule has 35 heavy (non-hydrogen) atoms. The Kier molecular flexibility index (Phi) is 6.94. The quantitative estimate of drug-likeness (QED) is 0.480. The molecule has 4 aliphatic rings. The van der Waals surface area contributed by atoms with Gasteiger partial charge < -0.3 is 15.5 Å². The van der Waals surface area contributed by atoms with Crippen LogP contribution in [0.25, 0.3) is 0 Å². The number of hydrogen-bond acceptors (Lipinski definition) is 3. The molecule has 1 unspecified atom stereocenters. The molecular weight excluding hydrogens is 549 g/mol. The maximum absolute atomic E-state index is 14.6. The minimum atomic E-state index is -0.752. The minimum absolute atomic E-state index is 0.0340. The second-order valence-electron chi connectivity index (χ2n) is 10.3. The first-order chi connectivity index (χ1) is 16.7. The summed E-state index contributed by atoms with van der Waals surface area (Å²) < 4.78 is 0.962. The SMILES string of the molecule is C[C@H](c1ccc(Br)cc1)C(C(N)=O)N(C(=O)C1(c2ccc(Cl)cc2Cl)CC1)[C@@H]1CN2CCC1CC2. The van der Waals surface area contributed by atoms with Crippen molar-refractivity contribution in [1.29, 1.82) is 0 Å². The third-order valence-electron chi connectivity index (χ3n) is 8.28. The number of primary amides is 1. The molecule has 2 amide bonds. The Morgan fingerprint density at radius 1 is 1.11 bits per heavy atom. The first-order valence-electron chi connectivity index (χ1n) is 12.3. The summed E-state index contributed by atoms with van der Waals surface area (Å²) in [5, 5.41) is 1.03. The van der Waals surface area contributed by atoms with Crippen molar-refractivity contribution in [2.75, 3.05) is 19.6 Å². The van der Waals surface area contributed by atoms with E-state index in [-0.39, 0.29) is 17.9 Å². The zero-order valence-electron chi connectivity index (χ0n) is 19.7. The standard InChI is InChI=1S/C27H30BrCl2N3O2/c1-16(17-2-4-19(28)5-3-17)24(25(31)34)33(23-15-32-12-8-18(23)9-13-32)26(35)27(10-11-27)21-7-6-20(29)14-22(21)30/h2-7,14,16,18,23-24H,8-13,15H2,1H3,(H2,31,34)/t16-,23-,24?/m1/s1. The monoisotopic (exact) mass is 577 g/mol. The van der Waals surface area contributed by atoms with Crippen LogP contribution in [0.5, 0.6) is 0 Å². The summed E-state index contributed by atoms with van der Waals surface area (Å²) in [6.45, 7) is 4.86. The highest BCUT2D eigenvalue weighted by molar-refractivity contribution is 9.10. The predicted molar refractivity (Wildman–Crippen MR) is 143 cm³/mol. The highest BCUT2D eigenvalue weighted by atomic mass is 79.9. The van der Waals surface area contributed by atoms with Gasteiger partial charge in [0.25, 0.3) is 0 Å². The van der Waals surface area contributed by atoms with E-state index in [9.17, 15) is 9.59 Å². The second kappa shape index (κ2) is 9.70. The average Bonchev–Trinajstić information content (AvgIpc) is 3.64. The lowest BCUT2D eigenvalue weighted by Crippen LogP contribution is -2.65. The summed E-state index contributed by atoms with van der Waals surface area (Å²) in [6, 6.07) is 12.4. The number of carbonyl (C=O) groups excluding carboxylic acids is 2. The van der Waals surface area contributed by atoms with Gasteiger partial charge in [-0.1, -0.05) is 64.3 Å². The Morgan fingerprint density at radius 3 is 2.29 bits per heavy atom. The number of amides is 2. The van der Waals surface area contributed by atoms with Crippen molar-refractivity contribution in [2.24, 2.45) is 11.7 Å². The van der Waals surface area contributed by atoms with Crippen LogP contribution >= 0.6 is 39.1 Å². The number of piperidine rings is 3. The Labute approximate surface area is 225 Å². The summed E-state index contributed by atoms with van der Waals surface area (Å²) in [4.78, 5) is 32.0. The van der Waals surface area contributed by atoms with Crippen LogP contribution in [0.2, 0.25) is 10.0 Å². The molecule has 3 atom stereocenters. The van der Waals surface area contributed by atoms with Crippen LogP contribution in [0.4, 0.5) is 0 Å². The Balaban J connectivity index is 1.58. The van der Waals surface area contributed by atoms with Gasteiger partial charge in [-0.15, -0.1) is 0 Å². The molecule has 186 valence electrons. The maximum atomic E-state index is 14.6. The van der Waals surface area contributed by atoms with Crippen molar-refractivity contribution in [1.82, 2.24) is 9.80 Å². The van der Waals surface area contributed by atoms with E-state index in [4.69, 9.17) is 28.9 Å². The molecule has 3 heterocycles. The second-order valence-corrected chi connectivity index (χ2v) is 12.1. The van der Waals surface area contributed by atoms with E-state index in [1.807, 2.05) is 42.2 Å². The normalized spacial score (nSPS) is 26.1. The van der Waals surface area contributed by atoms with E-state index in [1.54, 1.807) is 12.1 Å². The molecule has 0 spiro atoms. The minimum Gasteiger partial charge on any atom is -0.368 e. The molecule has 2 aromatic carbocycles. The summed E-state index contributed by atoms with van der Waals surface area (Å²) in [5.41, 5.74) is 7.13. The van der Waals surface area contributed by atoms with Crippen molar-refractivity contribution in [3.05, 3.63) is 68.1 Å². The van der Waals surface area contributed by atoms with Gasteiger partial charge in [-0.3, -0.25) is 9.59 Å². The van der Waals surface area contributed by atoms with Crippen molar-refractivity contribution in [3.63, 3.8) is 0 Å². The Bertz CT molecular complexity index is 1130. The van der Waals surface area contributed by atoms with E-state index in [1.165, 1.54) is 0 Å². The number of nitrogens with two attached hydrogens (primary N) is 1. The molecule has 2 N–H and O–H groups in total. The molecule has 6 rings (SSSR count). The van der Waals surface area contributed by atoms with Gasteiger partial charge in [0.15, 0.2) is 0 Å². The van der Waals surface area contributed by atoms with Crippen LogP contribution in [0.15, 0.2) is 46.9 Å². The zero-order chi connectivity index (χ0) is 24.9. The molecular formula is C27H30BrCl2N3O2. The van der Waals surface area contributed by atoms with Gasteiger partial charge in [-0.05, 0) is 80.1 Å². The van der Waals surface area contributed by atoms with Gasteiger partial charge in [0.2, 0.25) is 11.8 Å². The molecule has 4 fully saturated rings. The fourth-order valence-electron chi connectivity index (χ4n) is 6.15. The van der Waals surface area contributed by atoms with E-state index < -0.39 is 17.4 Å². The van der Waals surface area contributed by atoms with Crippen molar-refractivity contribution in [2.45, 2.75) is 56.0 Å². The number of rotatable bonds is 7. The fourth-order valence-corrected chi connectivity index (χ4v) is 7.01. The average molecular weight is 579 g/mol. The first-order valence-corrected chi connectivity index (χ1v) is 13.8. The summed E-state index contributed by atoms with van der Waals surface area (Å²) in [7, 11) is 0. The molecule has 0 radical (unpaired) electrons. The number of hydrogen-bond donors (Lipinski definition) is 1. The van der Waals surface area contributed by atoms with Crippen molar-refractivity contribution >= 4 is 50.9 Å². The maximum Gasteiger partial charge on any atom is 0.240 e. The molecule has 3 aliphatic heterocycles. The topological polar surface area (TPSA) is 66.6 Å². The number of benzene rings is 2. The summed E-state index contributed by atoms with van der Waals surface area (Å²) >= 11 is 16.2. The third kappa shape index (κ3) is 4.63. The van der Waals surface area contributed by atoms with Crippen LogP contribution in [0.1, 0.15) is 49.7 Å². The third-order valence-corrected chi connectivity index (χ3v) is 9.36. The number of nitrogens with zero attached hydrogens (tertiary/aromatic N) is 2. The molecule has 5 nitrogen and oxygen atoms in total. The smallest absolute Gasteiger partial charge is 0.240 e. The first kappa shape index (κ1) is 25.1. The van der Waals surface area contributed by atoms with Crippen LogP contribution in [0.3, 0.4) is 0 Å². The molecule has 1 aliphatic carbocycles. The number of halogens is 3. The summed E-state index contributed by atoms with van der Waals surface area (Å²) in [5.74, 6) is -0.396. The van der Waals surface area contributed by atoms with Crippen molar-refractivity contribution < 1.29 is 9.59 Å². The summed E-state index contributed by atoms with van der Waals surface area (Å²) in [6.07, 6.45) is 3.45. The molecule has 0 aromatic heterocycles. The highest BCUT2D eigenvalue weighted by Gasteiger charge is 2.58. The lowest BCUT2D eigenvalue weighted by atomic mass is 9.79. The van der Waals surface area contributed by atoms with Crippen LogP contribution in [-0.2, 0) is 15.0 Å². The van der Waals surface area contributed by atoms with Gasteiger partial charge >= 0.3 is 0 Å². The van der Waals surface area contributed by atoms with Crippen LogP contribution < -0.4 is 5.73 Å². The van der Waals surface area contributed by atoms with E-state index in [2.05, 4.69) is 20.8 Å². The molecule has 1 saturated carbocycles. The number of carbonyl (C=O) groups is 2. The van der Waals surface area contributed by atoms with E-state index in [0.29, 0.717) is 28.8 Å². The highest BCUT2D eigenvalue weighted by Crippen LogP contribution is 2.53. The van der Waals surface area contributed by atoms with Gasteiger partial charge in [-0.25, -0.2) is 0 Å². The van der Waals surface area contributed by atoms with Crippen molar-refractivity contribution in [3.8, 4) is 0 Å². The number of fused-ring (bicyclic) bond motifs is 3. The lowest BCUT2D eigenvalue weighted by molar-refractivity contribution is -0.150. The molecule has 8 heteroatoms. The Hall–Kier alpha value is -1.60. The molecule has 2 aromatic rings. The lowest BCUT2D eigenvalue weighted by Gasteiger charge is -2.52. The van der Waals surface area contributed by atoms with E-state index >= 15 is 0 Å². The molecule has 3 saturated heterocycles. The fraction of sp³-hybridized carbons (Fsp3) is 0.481. The van der Waals surface area contributed by atoms with Gasteiger partial charge in [0, 0.05) is 33.0 Å². The van der Waals surface area contributed by atoms with Crippen LogP contribution in [0, 0.1) is 5.92 Å². The van der Waals surface area contributed by atoms with E-state index in [0.717, 1.165) is 48.1 Å². The zero-order valence-corrected chi connectivity index (χ0v) is 22.8. The molecule has 2 bridgehead atoms. The van der Waals surface area contributed by atoms with Gasteiger partial charge in [0.1, 0.15) is 6.04 Å². The predicted octanol–water partition coefficient (Wildman–Crippen LogP) is 5.37. The Morgan fingerprint density at radius 2 is 1.77 bits per heavy atom. The largest absolute Gasteiger partial charge is 0.368 e. The van der Waals surface area contributed by atoms with Crippen LogP contribution in [-0.4, -0.2) is 53.3 Å². The van der Waals surface area contributed by atoms with Gasteiger partial charge in [0.05, 0.1) is 5.41 Å².